The summed E-state index contributed by atoms with van der Waals surface area (Å²) in [7, 11) is 3.00. The van der Waals surface area contributed by atoms with E-state index in [-0.39, 0.29) is 11.3 Å². The predicted molar refractivity (Wildman–Crippen MR) is 72.6 cm³/mol. The number of hydrogen-bond acceptors (Lipinski definition) is 4. The molecule has 6 nitrogen and oxygen atoms in total. The van der Waals surface area contributed by atoms with Gasteiger partial charge in [0.1, 0.15) is 5.75 Å². The number of esters is 1. The second kappa shape index (κ2) is 5.16. The number of nitrogens with zero attached hydrogens (tertiary/aromatic N) is 1. The minimum absolute atomic E-state index is 0.190. The number of fused-ring (bicyclic) bond motifs is 1. The molecule has 104 valence electrons. The van der Waals surface area contributed by atoms with E-state index in [4.69, 9.17) is 4.74 Å². The van der Waals surface area contributed by atoms with Gasteiger partial charge in [-0.2, -0.15) is 0 Å². The Hall–Kier alpha value is -2.63. The Morgan fingerprint density at radius 1 is 1.20 bits per heavy atom. The number of H-pyrrole nitrogens is 1. The van der Waals surface area contributed by atoms with Crippen LogP contribution in [0.25, 0.3) is 10.9 Å². The van der Waals surface area contributed by atoms with E-state index in [1.165, 1.54) is 32.1 Å². The quantitative estimate of drug-likeness (QED) is 0.397. The van der Waals surface area contributed by atoms with Gasteiger partial charge in [-0.15, -0.1) is 0 Å². The largest absolute Gasteiger partial charge is 0.426 e. The fraction of sp³-hybridized carbons (Fsp3) is 0.214. The van der Waals surface area contributed by atoms with E-state index in [9.17, 15) is 14.4 Å². The molecule has 2 rings (SSSR count). The lowest BCUT2D eigenvalue weighted by atomic mass is 10.1. The van der Waals surface area contributed by atoms with E-state index in [0.29, 0.717) is 10.9 Å². The lowest BCUT2D eigenvalue weighted by Crippen LogP contribution is -2.29. The van der Waals surface area contributed by atoms with Crippen LogP contribution in [0.1, 0.15) is 17.3 Å². The van der Waals surface area contributed by atoms with Crippen molar-refractivity contribution in [3.05, 3.63) is 30.0 Å². The minimum atomic E-state index is -0.652. The summed E-state index contributed by atoms with van der Waals surface area (Å²) in [5, 5.41) is 0.433. The molecule has 0 saturated heterocycles. The van der Waals surface area contributed by atoms with Crippen molar-refractivity contribution in [2.75, 3.05) is 14.1 Å². The Labute approximate surface area is 115 Å². The highest BCUT2D eigenvalue weighted by Crippen LogP contribution is 2.29. The monoisotopic (exact) mass is 274 g/mol. The number of ketones is 1. The number of nitrogens with one attached hydrogen (secondary N) is 1. The van der Waals surface area contributed by atoms with Crippen LogP contribution in [-0.2, 0) is 9.59 Å². The second-order valence-electron chi connectivity index (χ2n) is 4.50. The van der Waals surface area contributed by atoms with Gasteiger partial charge in [-0.1, -0.05) is 6.07 Å². The SMILES string of the molecule is CC(=O)Oc1cccc2[nH]cc(C(=O)C(=O)N(C)C)c12. The van der Waals surface area contributed by atoms with Gasteiger partial charge in [0, 0.05) is 32.7 Å². The maximum absolute atomic E-state index is 12.1. The Morgan fingerprint density at radius 2 is 1.90 bits per heavy atom. The van der Waals surface area contributed by atoms with Crippen LogP contribution < -0.4 is 4.74 Å². The van der Waals surface area contributed by atoms with Gasteiger partial charge in [-0.3, -0.25) is 14.4 Å². The lowest BCUT2D eigenvalue weighted by molar-refractivity contribution is -0.131. The molecule has 0 aliphatic heterocycles. The summed E-state index contributed by atoms with van der Waals surface area (Å²) in [6.45, 7) is 1.28. The van der Waals surface area contributed by atoms with E-state index < -0.39 is 17.7 Å². The number of Topliss-reactive ketones (excluding diaryl/α,β-unsaturated/α-hetero) is 1. The van der Waals surface area contributed by atoms with E-state index in [2.05, 4.69) is 4.98 Å². The van der Waals surface area contributed by atoms with Crippen LogP contribution in [0, 0.1) is 0 Å². The van der Waals surface area contributed by atoms with E-state index in [0.717, 1.165) is 0 Å². The van der Waals surface area contributed by atoms with Crippen molar-refractivity contribution in [3.8, 4) is 5.75 Å². The molecular weight excluding hydrogens is 260 g/mol. The number of aromatic nitrogens is 1. The van der Waals surface area contributed by atoms with Gasteiger partial charge in [0.2, 0.25) is 0 Å². The maximum Gasteiger partial charge on any atom is 0.308 e. The molecule has 1 heterocycles. The zero-order valence-corrected chi connectivity index (χ0v) is 11.4. The van der Waals surface area contributed by atoms with Gasteiger partial charge in [0.05, 0.1) is 10.9 Å². The third-order valence-electron chi connectivity index (χ3n) is 2.77. The summed E-state index contributed by atoms with van der Waals surface area (Å²) in [5.41, 5.74) is 0.814. The summed E-state index contributed by atoms with van der Waals surface area (Å²) in [4.78, 5) is 39.1. The molecule has 0 saturated carbocycles. The van der Waals surface area contributed by atoms with E-state index in [1.807, 2.05) is 0 Å². The van der Waals surface area contributed by atoms with Gasteiger partial charge < -0.3 is 14.6 Å². The molecule has 2 aromatic rings. The first-order chi connectivity index (χ1) is 9.41. The first-order valence-corrected chi connectivity index (χ1v) is 5.96. The number of hydrogen-bond donors (Lipinski definition) is 1. The third-order valence-corrected chi connectivity index (χ3v) is 2.77. The Bertz CT molecular complexity index is 700. The van der Waals surface area contributed by atoms with E-state index in [1.54, 1.807) is 18.2 Å². The van der Waals surface area contributed by atoms with Crippen LogP contribution in [0.5, 0.6) is 5.75 Å². The number of carbonyl (C=O) groups is 3. The smallest absolute Gasteiger partial charge is 0.308 e. The molecule has 0 atom stereocenters. The zero-order chi connectivity index (χ0) is 14.9. The first kappa shape index (κ1) is 13.8. The number of carbonyl (C=O) groups excluding carboxylic acids is 3. The second-order valence-corrected chi connectivity index (χ2v) is 4.50. The topological polar surface area (TPSA) is 79.5 Å². The maximum atomic E-state index is 12.1. The van der Waals surface area contributed by atoms with Crippen molar-refractivity contribution >= 4 is 28.6 Å². The summed E-state index contributed by atoms with van der Waals surface area (Å²) in [5.74, 6) is -1.52. The molecule has 1 aromatic carbocycles. The molecule has 0 aliphatic carbocycles. The molecule has 6 heteroatoms. The average molecular weight is 274 g/mol. The van der Waals surface area contributed by atoms with Gasteiger partial charge in [0.15, 0.2) is 0 Å². The molecule has 0 bridgehead atoms. The predicted octanol–water partition coefficient (Wildman–Crippen LogP) is 1.36. The Kier molecular flexibility index (Phi) is 3.56. The van der Waals surface area contributed by atoms with Crippen LogP contribution in [0.2, 0.25) is 0 Å². The van der Waals surface area contributed by atoms with Crippen molar-refractivity contribution in [2.24, 2.45) is 0 Å². The number of likely N-dealkylation sites (N-methyl/N-ethyl adjacent to an activating group) is 1. The molecular formula is C14H14N2O4. The van der Waals surface area contributed by atoms with Gasteiger partial charge in [-0.25, -0.2) is 0 Å². The van der Waals surface area contributed by atoms with E-state index >= 15 is 0 Å². The van der Waals surface area contributed by atoms with Crippen LogP contribution >= 0.6 is 0 Å². The molecule has 0 fully saturated rings. The van der Waals surface area contributed by atoms with Crippen LogP contribution in [-0.4, -0.2) is 41.6 Å². The van der Waals surface area contributed by atoms with Crippen LogP contribution in [0.3, 0.4) is 0 Å². The van der Waals surface area contributed by atoms with Gasteiger partial charge >= 0.3 is 5.97 Å². The third kappa shape index (κ3) is 2.40. The lowest BCUT2D eigenvalue weighted by Gasteiger charge is -2.09. The number of ether oxygens (including phenoxy) is 1. The standard InChI is InChI=1S/C14H14N2O4/c1-8(17)20-11-6-4-5-10-12(11)9(7-15-10)13(18)14(19)16(2)3/h4-7,15H,1-3H3. The molecule has 0 spiro atoms. The molecule has 0 radical (unpaired) electrons. The normalized spacial score (nSPS) is 10.3. The number of benzene rings is 1. The summed E-state index contributed by atoms with van der Waals surface area (Å²) < 4.78 is 5.08. The molecule has 1 aromatic heterocycles. The summed E-state index contributed by atoms with van der Waals surface area (Å²) in [6.07, 6.45) is 1.45. The Balaban J connectivity index is 2.57. The molecule has 1 N–H and O–H groups in total. The van der Waals surface area contributed by atoms with Crippen molar-refractivity contribution in [1.82, 2.24) is 9.88 Å². The van der Waals surface area contributed by atoms with Gasteiger partial charge in [0.25, 0.3) is 11.7 Å². The molecule has 0 unspecified atom stereocenters. The summed E-state index contributed by atoms with van der Waals surface area (Å²) in [6, 6.07) is 5.01. The summed E-state index contributed by atoms with van der Waals surface area (Å²) >= 11 is 0. The fourth-order valence-corrected chi connectivity index (χ4v) is 1.89. The fourth-order valence-electron chi connectivity index (χ4n) is 1.89. The minimum Gasteiger partial charge on any atom is -0.426 e. The highest BCUT2D eigenvalue weighted by Gasteiger charge is 2.23. The first-order valence-electron chi connectivity index (χ1n) is 5.96. The van der Waals surface area contributed by atoms with Crippen molar-refractivity contribution in [3.63, 3.8) is 0 Å². The number of rotatable bonds is 3. The van der Waals surface area contributed by atoms with Gasteiger partial charge in [-0.05, 0) is 12.1 Å². The van der Waals surface area contributed by atoms with Crippen LogP contribution in [0.15, 0.2) is 24.4 Å². The average Bonchev–Trinajstić information content (AvgIpc) is 2.81. The number of amides is 1. The van der Waals surface area contributed by atoms with Crippen molar-refractivity contribution in [1.29, 1.82) is 0 Å². The zero-order valence-electron chi connectivity index (χ0n) is 11.4. The Morgan fingerprint density at radius 3 is 2.50 bits per heavy atom. The van der Waals surface area contributed by atoms with Crippen molar-refractivity contribution in [2.45, 2.75) is 6.92 Å². The highest BCUT2D eigenvalue weighted by atomic mass is 16.5. The van der Waals surface area contributed by atoms with Crippen LogP contribution in [0.4, 0.5) is 0 Å². The van der Waals surface area contributed by atoms with Crippen molar-refractivity contribution < 1.29 is 19.1 Å². The molecule has 0 aliphatic rings. The molecule has 1 amide bonds. The molecule has 20 heavy (non-hydrogen) atoms. The highest BCUT2D eigenvalue weighted by molar-refractivity contribution is 6.45. The number of aromatic amines is 1.